The molecule has 0 aromatic rings. The van der Waals surface area contributed by atoms with Gasteiger partial charge in [0.05, 0.1) is 47.6 Å². The highest BCUT2D eigenvalue weighted by molar-refractivity contribution is 5.83. The SMILES string of the molecule is CCC1OC(=O)[C@H](C)C(O[C@H]2C[C@@](C)(OC)[C@@H](O)[C@H](C)O2)[C@H](C)[C@@H](O[C@@H]2O[C@H](C)C[C@H](NC)[C@H]2O)[C@](C)(O)C[C@@H](C)C(=O)[C@H](C)[C@@H](O)[C@]1(C)O. The van der Waals surface area contributed by atoms with Gasteiger partial charge in [0.1, 0.15) is 29.7 Å². The number of cyclic esters (lactones) is 1. The maximum Gasteiger partial charge on any atom is 0.311 e. The second-order valence-corrected chi connectivity index (χ2v) is 15.8. The summed E-state index contributed by atoms with van der Waals surface area (Å²) in [7, 11) is 3.20. The number of aliphatic hydroxyl groups is 5. The van der Waals surface area contributed by atoms with Crippen LogP contribution in [0.4, 0.5) is 0 Å². The average Bonchev–Trinajstić information content (AvgIpc) is 3.05. The molecule has 3 saturated heterocycles. The number of carbonyl (C=O) groups excluding carboxylic acids is 2. The van der Waals surface area contributed by atoms with Crippen molar-refractivity contribution < 1.29 is 63.5 Å². The second kappa shape index (κ2) is 16.8. The Morgan fingerprint density at radius 1 is 0.900 bits per heavy atom. The monoisotopic (exact) mass is 719 g/mol. The van der Waals surface area contributed by atoms with Gasteiger partial charge in [-0.25, -0.2) is 0 Å². The van der Waals surface area contributed by atoms with E-state index in [1.165, 1.54) is 27.9 Å². The van der Waals surface area contributed by atoms with Crippen molar-refractivity contribution in [3.63, 3.8) is 0 Å². The summed E-state index contributed by atoms with van der Waals surface area (Å²) >= 11 is 0. The molecule has 0 bridgehead atoms. The molecule has 0 aromatic heterocycles. The Morgan fingerprint density at radius 2 is 1.52 bits per heavy atom. The molecule has 50 heavy (non-hydrogen) atoms. The quantitative estimate of drug-likeness (QED) is 0.206. The number of hydrogen-bond acceptors (Lipinski definition) is 14. The van der Waals surface area contributed by atoms with Crippen LogP contribution in [-0.2, 0) is 38.0 Å². The van der Waals surface area contributed by atoms with Crippen molar-refractivity contribution >= 4 is 11.8 Å². The molecule has 14 nitrogen and oxygen atoms in total. The van der Waals surface area contributed by atoms with Crippen LogP contribution in [0.1, 0.15) is 94.9 Å². The van der Waals surface area contributed by atoms with Crippen LogP contribution in [0, 0.1) is 23.7 Å². The van der Waals surface area contributed by atoms with Gasteiger partial charge < -0.3 is 59.3 Å². The van der Waals surface area contributed by atoms with Gasteiger partial charge in [0.2, 0.25) is 0 Å². The van der Waals surface area contributed by atoms with Crippen molar-refractivity contribution in [1.29, 1.82) is 0 Å². The number of nitrogens with one attached hydrogen (secondary N) is 1. The number of likely N-dealkylation sites (N-methyl/N-ethyl adjacent to an activating group) is 1. The minimum absolute atomic E-state index is 0.0929. The van der Waals surface area contributed by atoms with Crippen molar-refractivity contribution in [3.05, 3.63) is 0 Å². The first-order chi connectivity index (χ1) is 23.1. The lowest BCUT2D eigenvalue weighted by molar-refractivity contribution is -0.316. The molecule has 3 rings (SSSR count). The summed E-state index contributed by atoms with van der Waals surface area (Å²) in [5.74, 6) is -4.98. The molecule has 0 aliphatic carbocycles. The molecule has 6 N–H and O–H groups in total. The summed E-state index contributed by atoms with van der Waals surface area (Å²) in [5, 5.41) is 60.4. The highest BCUT2D eigenvalue weighted by Gasteiger charge is 2.53. The summed E-state index contributed by atoms with van der Waals surface area (Å²) in [4.78, 5) is 27.8. The number of rotatable bonds is 7. The Balaban J connectivity index is 2.17. The number of hydrogen-bond donors (Lipinski definition) is 6. The zero-order chi connectivity index (χ0) is 38.1. The van der Waals surface area contributed by atoms with Gasteiger partial charge in [-0.2, -0.15) is 0 Å². The van der Waals surface area contributed by atoms with E-state index in [9.17, 15) is 35.1 Å². The largest absolute Gasteiger partial charge is 0.459 e. The van der Waals surface area contributed by atoms with E-state index in [0.717, 1.165) is 0 Å². The Labute approximate surface area is 297 Å². The highest BCUT2D eigenvalue weighted by Crippen LogP contribution is 2.40. The molecule has 0 aromatic carbocycles. The number of ketones is 1. The van der Waals surface area contributed by atoms with Crippen LogP contribution in [0.3, 0.4) is 0 Å². The fourth-order valence-electron chi connectivity index (χ4n) is 8.21. The third kappa shape index (κ3) is 9.07. The summed E-state index contributed by atoms with van der Waals surface area (Å²) < 4.78 is 36.9. The molecule has 3 heterocycles. The average molecular weight is 720 g/mol. The Hall–Kier alpha value is -1.30. The molecule has 0 saturated carbocycles. The molecular formula is C36H65NO13. The van der Waals surface area contributed by atoms with Gasteiger partial charge in [-0.05, 0) is 67.9 Å². The fourth-order valence-corrected chi connectivity index (χ4v) is 8.21. The summed E-state index contributed by atoms with van der Waals surface area (Å²) in [5.41, 5.74) is -4.84. The third-order valence-electron chi connectivity index (χ3n) is 11.6. The van der Waals surface area contributed by atoms with Crippen molar-refractivity contribution in [3.8, 4) is 0 Å². The van der Waals surface area contributed by atoms with Crippen molar-refractivity contribution in [2.75, 3.05) is 14.2 Å². The van der Waals surface area contributed by atoms with Crippen LogP contribution >= 0.6 is 0 Å². The van der Waals surface area contributed by atoms with Crippen LogP contribution in [0.5, 0.6) is 0 Å². The van der Waals surface area contributed by atoms with Gasteiger partial charge in [0, 0.05) is 37.3 Å². The minimum atomic E-state index is -1.99. The topological polar surface area (TPSA) is 203 Å². The molecule has 18 atom stereocenters. The van der Waals surface area contributed by atoms with Crippen LogP contribution in [0.25, 0.3) is 0 Å². The first-order valence-corrected chi connectivity index (χ1v) is 18.1. The summed E-state index contributed by atoms with van der Waals surface area (Å²) in [6.45, 7) is 16.3. The molecule has 0 radical (unpaired) electrons. The Morgan fingerprint density at radius 3 is 2.08 bits per heavy atom. The number of aliphatic hydroxyl groups excluding tert-OH is 3. The third-order valence-corrected chi connectivity index (χ3v) is 11.6. The van der Waals surface area contributed by atoms with Gasteiger partial charge in [-0.3, -0.25) is 9.59 Å². The number of methoxy groups -OCH3 is 1. The molecule has 3 aliphatic heterocycles. The van der Waals surface area contributed by atoms with E-state index in [-0.39, 0.29) is 31.4 Å². The lowest BCUT2D eigenvalue weighted by atomic mass is 9.74. The van der Waals surface area contributed by atoms with E-state index in [1.54, 1.807) is 48.6 Å². The van der Waals surface area contributed by atoms with Gasteiger partial charge in [-0.1, -0.05) is 27.7 Å². The molecule has 0 spiro atoms. The van der Waals surface area contributed by atoms with E-state index < -0.39 is 108 Å². The predicted molar refractivity (Wildman–Crippen MR) is 182 cm³/mol. The van der Waals surface area contributed by atoms with Crippen LogP contribution in [-0.4, -0.2) is 136 Å². The number of esters is 1. The van der Waals surface area contributed by atoms with Gasteiger partial charge in [0.25, 0.3) is 0 Å². The maximum absolute atomic E-state index is 14.0. The zero-order valence-electron chi connectivity index (χ0n) is 32.0. The molecule has 14 heteroatoms. The number of ether oxygens (including phenoxy) is 6. The van der Waals surface area contributed by atoms with Gasteiger partial charge in [0.15, 0.2) is 12.6 Å². The summed E-state index contributed by atoms with van der Waals surface area (Å²) in [6, 6.07) is -0.375. The second-order valence-electron chi connectivity index (χ2n) is 15.8. The van der Waals surface area contributed by atoms with E-state index in [1.807, 2.05) is 6.92 Å². The first-order valence-electron chi connectivity index (χ1n) is 18.1. The molecule has 292 valence electrons. The molecule has 3 aliphatic rings. The maximum atomic E-state index is 14.0. The Kier molecular flexibility index (Phi) is 14.5. The summed E-state index contributed by atoms with van der Waals surface area (Å²) in [6.07, 6.45) is -9.76. The van der Waals surface area contributed by atoms with E-state index >= 15 is 0 Å². The molecule has 0 amide bonds. The highest BCUT2D eigenvalue weighted by atomic mass is 16.7. The van der Waals surface area contributed by atoms with Gasteiger partial charge >= 0.3 is 5.97 Å². The van der Waals surface area contributed by atoms with Crippen LogP contribution in [0.15, 0.2) is 0 Å². The fraction of sp³-hybridized carbons (Fsp3) is 0.944. The van der Waals surface area contributed by atoms with Crippen molar-refractivity contribution in [2.24, 2.45) is 23.7 Å². The lowest BCUT2D eigenvalue weighted by Crippen LogP contribution is -2.61. The number of Topliss-reactive ketones (excluding diaryl/α,β-unsaturated/α-hetero) is 1. The first kappa shape index (κ1) is 43.1. The number of carbonyl (C=O) groups is 2. The standard InChI is InChI=1S/C36H65NO13/c1-13-24-36(10,44)29(40)19(4)26(38)17(2)15-34(8,43)31(50-33-27(39)23(37-11)14-18(3)46-33)20(5)28(21(6)32(42)48-24)49-25-16-35(9,45-12)30(41)22(7)47-25/h17-25,27-31,33,37,39-41,43-44H,13-16H2,1-12H3/t17-,18-,19+,20+,21-,22+,23+,24?,25+,27-,28?,29-,30+,31-,33+,34-,35-,36-/m1/s1. The van der Waals surface area contributed by atoms with Crippen LogP contribution in [0.2, 0.25) is 0 Å². The zero-order valence-corrected chi connectivity index (χ0v) is 32.0. The normalized spacial score (nSPS) is 50.4. The lowest BCUT2D eigenvalue weighted by Gasteiger charge is -2.48. The van der Waals surface area contributed by atoms with Crippen LogP contribution < -0.4 is 5.32 Å². The van der Waals surface area contributed by atoms with E-state index in [0.29, 0.717) is 6.42 Å². The predicted octanol–water partition coefficient (Wildman–Crippen LogP) is 1.44. The molecular weight excluding hydrogens is 654 g/mol. The molecule has 2 unspecified atom stereocenters. The van der Waals surface area contributed by atoms with Crippen molar-refractivity contribution in [1.82, 2.24) is 5.32 Å². The minimum Gasteiger partial charge on any atom is -0.459 e. The molecule has 3 fully saturated rings. The van der Waals surface area contributed by atoms with E-state index in [2.05, 4.69) is 5.32 Å². The van der Waals surface area contributed by atoms with E-state index in [4.69, 9.17) is 28.4 Å². The van der Waals surface area contributed by atoms with Gasteiger partial charge in [-0.15, -0.1) is 0 Å². The Bertz CT molecular complexity index is 1140. The smallest absolute Gasteiger partial charge is 0.311 e. The van der Waals surface area contributed by atoms with Crippen molar-refractivity contribution in [2.45, 2.75) is 179 Å².